The lowest BCUT2D eigenvalue weighted by atomic mass is 10.2. The molecule has 0 unspecified atom stereocenters. The third-order valence-electron chi connectivity index (χ3n) is 3.74. The summed E-state index contributed by atoms with van der Waals surface area (Å²) in [5.41, 5.74) is 1.57. The minimum Gasteiger partial charge on any atom is -0.233 e. The monoisotopic (exact) mass is 310 g/mol. The first-order valence-electron chi connectivity index (χ1n) is 7.47. The number of aliphatic imine (C=N–C) groups is 2. The van der Waals surface area contributed by atoms with Crippen LogP contribution in [0.1, 0.15) is 11.6 Å². The lowest BCUT2D eigenvalue weighted by Crippen LogP contribution is -1.85. The van der Waals surface area contributed by atoms with Crippen molar-refractivity contribution in [2.75, 3.05) is 0 Å². The van der Waals surface area contributed by atoms with Gasteiger partial charge in [0.25, 0.3) is 0 Å². The third kappa shape index (κ3) is 2.21. The van der Waals surface area contributed by atoms with Crippen LogP contribution in [0.2, 0.25) is 0 Å². The molecule has 1 aromatic heterocycles. The second-order valence-electron chi connectivity index (χ2n) is 5.43. The quantitative estimate of drug-likeness (QED) is 0.439. The highest BCUT2D eigenvalue weighted by Crippen LogP contribution is 2.22. The van der Waals surface area contributed by atoms with E-state index >= 15 is 0 Å². The van der Waals surface area contributed by atoms with Crippen LogP contribution in [0.25, 0.3) is 21.8 Å². The van der Waals surface area contributed by atoms with Crippen molar-refractivity contribution in [3.63, 3.8) is 0 Å². The van der Waals surface area contributed by atoms with Crippen LogP contribution in [0.3, 0.4) is 0 Å². The van der Waals surface area contributed by atoms with Crippen LogP contribution in [0.4, 0.5) is 11.6 Å². The molecule has 0 radical (unpaired) electrons. The molecule has 0 amide bonds. The van der Waals surface area contributed by atoms with Crippen LogP contribution in [-0.2, 0) is 0 Å². The fourth-order valence-corrected chi connectivity index (χ4v) is 2.65. The Labute approximate surface area is 136 Å². The molecule has 8 bridgehead atoms. The van der Waals surface area contributed by atoms with E-state index in [2.05, 4.69) is 29.9 Å². The zero-order valence-corrected chi connectivity index (χ0v) is 12.5. The molecule has 2 aliphatic rings. The average Bonchev–Trinajstić information content (AvgIpc) is 3.24. The van der Waals surface area contributed by atoms with Crippen LogP contribution < -0.4 is 0 Å². The van der Waals surface area contributed by atoms with Gasteiger partial charge < -0.3 is 0 Å². The summed E-state index contributed by atoms with van der Waals surface area (Å²) in [5.74, 6) is 2.41. The Balaban J connectivity index is 1.96. The molecule has 0 aliphatic carbocycles. The molecule has 5 rings (SSSR count). The van der Waals surface area contributed by atoms with Gasteiger partial charge in [-0.25, -0.2) is 29.9 Å². The van der Waals surface area contributed by atoms with Gasteiger partial charge in [0.2, 0.25) is 0 Å². The fourth-order valence-electron chi connectivity index (χ4n) is 2.65. The molecule has 6 heteroatoms. The van der Waals surface area contributed by atoms with Crippen molar-refractivity contribution in [3.8, 4) is 0 Å². The lowest BCUT2D eigenvalue weighted by molar-refractivity contribution is 1.23. The predicted octanol–water partition coefficient (Wildman–Crippen LogP) is 3.39. The molecule has 6 nitrogen and oxygen atoms in total. The molecule has 3 aromatic rings. The number of aromatic nitrogens is 4. The van der Waals surface area contributed by atoms with Crippen LogP contribution >= 0.6 is 0 Å². The Morgan fingerprint density at radius 2 is 1.04 bits per heavy atom. The zero-order chi connectivity index (χ0) is 15.9. The van der Waals surface area contributed by atoms with Crippen molar-refractivity contribution in [1.29, 1.82) is 0 Å². The van der Waals surface area contributed by atoms with Gasteiger partial charge in [-0.15, -0.1) is 0 Å². The van der Waals surface area contributed by atoms with Crippen LogP contribution in [0.5, 0.6) is 0 Å². The number of nitrogens with zero attached hydrogens (tertiary/aromatic N) is 6. The van der Waals surface area contributed by atoms with Crippen LogP contribution in [-0.4, -0.2) is 32.4 Å². The molecular formula is C18H10N6. The summed E-state index contributed by atoms with van der Waals surface area (Å²) >= 11 is 0. The largest absolute Gasteiger partial charge is 0.233 e. The van der Waals surface area contributed by atoms with Crippen molar-refractivity contribution in [2.24, 2.45) is 9.98 Å². The summed E-state index contributed by atoms with van der Waals surface area (Å²) in [6.07, 6.45) is 3.34. The minimum absolute atomic E-state index is 0.575. The van der Waals surface area contributed by atoms with Crippen molar-refractivity contribution >= 4 is 45.9 Å². The normalized spacial score (nSPS) is 12.7. The van der Waals surface area contributed by atoms with Crippen molar-refractivity contribution in [3.05, 3.63) is 60.2 Å². The van der Waals surface area contributed by atoms with E-state index in [1.807, 2.05) is 48.5 Å². The number of fused-ring (bicyclic) bond motifs is 10. The van der Waals surface area contributed by atoms with E-state index in [1.54, 1.807) is 12.4 Å². The van der Waals surface area contributed by atoms with Gasteiger partial charge in [0, 0.05) is 10.8 Å². The SMILES string of the molecule is C1=Nc2nc1nc1cccc(c1)c1nc(nc3cccc2c3)C=N1. The maximum atomic E-state index is 4.54. The molecule has 2 aromatic carbocycles. The first-order chi connectivity index (χ1) is 11.8. The summed E-state index contributed by atoms with van der Waals surface area (Å²) in [6.45, 7) is 0. The number of hydrogen-bond acceptors (Lipinski definition) is 6. The van der Waals surface area contributed by atoms with Crippen LogP contribution in [0, 0.1) is 0 Å². The third-order valence-corrected chi connectivity index (χ3v) is 3.74. The number of benzene rings is 2. The molecule has 24 heavy (non-hydrogen) atoms. The molecule has 3 heterocycles. The first kappa shape index (κ1) is 13.0. The molecule has 2 aliphatic heterocycles. The minimum atomic E-state index is 0.575. The lowest BCUT2D eigenvalue weighted by Gasteiger charge is -1.93. The second kappa shape index (κ2) is 4.99. The van der Waals surface area contributed by atoms with Gasteiger partial charge >= 0.3 is 0 Å². The predicted molar refractivity (Wildman–Crippen MR) is 93.6 cm³/mol. The van der Waals surface area contributed by atoms with E-state index < -0.39 is 0 Å². The topological polar surface area (TPSA) is 76.3 Å². The molecule has 0 fully saturated rings. The maximum Gasteiger partial charge on any atom is 0.173 e. The van der Waals surface area contributed by atoms with Crippen molar-refractivity contribution < 1.29 is 0 Å². The van der Waals surface area contributed by atoms with Gasteiger partial charge in [-0.2, -0.15) is 0 Å². The average molecular weight is 310 g/mol. The van der Waals surface area contributed by atoms with Crippen molar-refractivity contribution in [2.45, 2.75) is 0 Å². The van der Waals surface area contributed by atoms with E-state index in [9.17, 15) is 0 Å². The molecule has 0 spiro atoms. The van der Waals surface area contributed by atoms with Crippen LogP contribution in [0.15, 0.2) is 58.5 Å². The van der Waals surface area contributed by atoms with E-state index in [1.165, 1.54) is 0 Å². The highest BCUT2D eigenvalue weighted by molar-refractivity contribution is 5.89. The molecule has 112 valence electrons. The Kier molecular flexibility index (Phi) is 2.69. The van der Waals surface area contributed by atoms with E-state index in [0.29, 0.717) is 23.3 Å². The summed E-state index contributed by atoms with van der Waals surface area (Å²) in [6, 6.07) is 15.4. The molecule has 0 N–H and O–H groups in total. The molecular weight excluding hydrogens is 300 g/mol. The first-order valence-corrected chi connectivity index (χ1v) is 7.47. The summed E-state index contributed by atoms with van der Waals surface area (Å²) < 4.78 is 0. The fraction of sp³-hybridized carbons (Fsp3) is 0. The zero-order valence-electron chi connectivity index (χ0n) is 12.5. The van der Waals surface area contributed by atoms with Crippen molar-refractivity contribution in [1.82, 2.24) is 19.9 Å². The van der Waals surface area contributed by atoms with E-state index in [0.717, 1.165) is 21.8 Å². The van der Waals surface area contributed by atoms with Gasteiger partial charge in [0.05, 0.1) is 23.5 Å². The Bertz CT molecular complexity index is 1070. The number of rotatable bonds is 0. The summed E-state index contributed by atoms with van der Waals surface area (Å²) in [7, 11) is 0. The molecule has 0 saturated heterocycles. The van der Waals surface area contributed by atoms with E-state index in [-0.39, 0.29) is 0 Å². The maximum absolute atomic E-state index is 4.54. The smallest absolute Gasteiger partial charge is 0.173 e. The summed E-state index contributed by atoms with van der Waals surface area (Å²) in [5, 5.41) is 1.78. The van der Waals surface area contributed by atoms with Gasteiger partial charge in [-0.1, -0.05) is 24.3 Å². The highest BCUT2D eigenvalue weighted by atomic mass is 15.0. The molecule has 0 saturated carbocycles. The molecule has 0 atom stereocenters. The van der Waals surface area contributed by atoms with Gasteiger partial charge in [-0.3, -0.25) is 0 Å². The van der Waals surface area contributed by atoms with Gasteiger partial charge in [0.15, 0.2) is 23.3 Å². The van der Waals surface area contributed by atoms with Gasteiger partial charge in [0.1, 0.15) is 0 Å². The Morgan fingerprint density at radius 3 is 1.54 bits per heavy atom. The second-order valence-corrected chi connectivity index (χ2v) is 5.43. The number of hydrogen-bond donors (Lipinski definition) is 0. The highest BCUT2D eigenvalue weighted by Gasteiger charge is 2.06. The van der Waals surface area contributed by atoms with E-state index in [4.69, 9.17) is 0 Å². The summed E-state index contributed by atoms with van der Waals surface area (Å²) in [4.78, 5) is 26.8. The standard InChI is InChI=1S/C18H10N6/c1-3-11-7-13(5-1)21-15-9-20-18(24-15)12-4-2-6-14(8-12)22-16-10-19-17(11)23-16/h1-10H. The van der Waals surface area contributed by atoms with Gasteiger partial charge in [-0.05, 0) is 24.3 Å². The Hall–Kier alpha value is -3.54. The Morgan fingerprint density at radius 1 is 0.542 bits per heavy atom.